The lowest BCUT2D eigenvalue weighted by atomic mass is 9.98. The van der Waals surface area contributed by atoms with Crippen molar-refractivity contribution in [2.24, 2.45) is 11.7 Å². The summed E-state index contributed by atoms with van der Waals surface area (Å²) in [5.41, 5.74) is 5.29. The van der Waals surface area contributed by atoms with Gasteiger partial charge in [0.1, 0.15) is 17.6 Å². The summed E-state index contributed by atoms with van der Waals surface area (Å²) in [6, 6.07) is 5.58. The van der Waals surface area contributed by atoms with E-state index >= 15 is 0 Å². The molecule has 3 N–H and O–H groups in total. The maximum absolute atomic E-state index is 11.7. The fraction of sp³-hybridized carbons (Fsp3) is 0.400. The predicted octanol–water partition coefficient (Wildman–Crippen LogP) is 1.35. The Kier molecular flexibility index (Phi) is 3.47. The van der Waals surface area contributed by atoms with Crippen molar-refractivity contribution < 1.29 is 9.90 Å². The Morgan fingerprint density at radius 3 is 3.00 bits per heavy atom. The Balaban J connectivity index is 1.86. The molecular formula is C15H18N4O2. The summed E-state index contributed by atoms with van der Waals surface area (Å²) in [6.07, 6.45) is 7.42. The van der Waals surface area contributed by atoms with Gasteiger partial charge < -0.3 is 10.8 Å². The Bertz CT molecular complexity index is 640. The van der Waals surface area contributed by atoms with Gasteiger partial charge in [0.15, 0.2) is 0 Å². The van der Waals surface area contributed by atoms with Gasteiger partial charge in [-0.05, 0) is 43.9 Å². The van der Waals surface area contributed by atoms with Gasteiger partial charge in [0.2, 0.25) is 0 Å². The summed E-state index contributed by atoms with van der Waals surface area (Å²) in [5, 5.41) is 9.61. The summed E-state index contributed by atoms with van der Waals surface area (Å²) in [6.45, 7) is 0.592. The van der Waals surface area contributed by atoms with Gasteiger partial charge in [0, 0.05) is 12.4 Å². The highest BCUT2D eigenvalue weighted by atomic mass is 16.4. The number of aliphatic carboxylic acids is 1. The third kappa shape index (κ3) is 2.31. The number of nitrogens with zero attached hydrogens (tertiary/aromatic N) is 3. The predicted molar refractivity (Wildman–Crippen MR) is 77.1 cm³/mol. The summed E-state index contributed by atoms with van der Waals surface area (Å²) in [7, 11) is 0. The van der Waals surface area contributed by atoms with Crippen LogP contribution in [0.5, 0.6) is 0 Å². The zero-order valence-corrected chi connectivity index (χ0v) is 11.6. The molecule has 21 heavy (non-hydrogen) atoms. The van der Waals surface area contributed by atoms with E-state index in [9.17, 15) is 9.90 Å². The Labute approximate surface area is 122 Å². The van der Waals surface area contributed by atoms with Crippen LogP contribution in [-0.4, -0.2) is 32.2 Å². The molecule has 1 aliphatic carbocycles. The Hall–Kier alpha value is -2.21. The molecule has 6 heteroatoms. The van der Waals surface area contributed by atoms with Crippen molar-refractivity contribution in [3.05, 3.63) is 42.6 Å². The molecule has 0 amide bonds. The number of imidazole rings is 1. The normalized spacial score (nSPS) is 24.0. The van der Waals surface area contributed by atoms with E-state index in [-0.39, 0.29) is 5.92 Å². The number of rotatable bonds is 6. The van der Waals surface area contributed by atoms with Crippen LogP contribution in [0.3, 0.4) is 0 Å². The van der Waals surface area contributed by atoms with E-state index in [4.69, 9.17) is 5.73 Å². The summed E-state index contributed by atoms with van der Waals surface area (Å²) < 4.78 is 1.76. The van der Waals surface area contributed by atoms with Gasteiger partial charge in [-0.25, -0.2) is 9.97 Å². The maximum atomic E-state index is 11.7. The summed E-state index contributed by atoms with van der Waals surface area (Å²) in [5.74, 6) is 0.0670. The van der Waals surface area contributed by atoms with Crippen LogP contribution < -0.4 is 5.73 Å². The number of carbonyl (C=O) groups is 1. The largest absolute Gasteiger partial charge is 0.481 e. The van der Waals surface area contributed by atoms with Crippen molar-refractivity contribution in [1.29, 1.82) is 0 Å². The van der Waals surface area contributed by atoms with Crippen molar-refractivity contribution in [2.45, 2.75) is 24.7 Å². The number of hydrogen-bond donors (Lipinski definition) is 2. The number of nitrogens with two attached hydrogens (primary N) is 1. The monoisotopic (exact) mass is 286 g/mol. The molecule has 0 bridgehead atoms. The topological polar surface area (TPSA) is 94.0 Å². The SMILES string of the molecule is NCCCC1CC1(C(=O)O)c1cn(-c2ccccn2)cn1. The molecule has 2 atom stereocenters. The van der Waals surface area contributed by atoms with E-state index in [0.29, 0.717) is 18.7 Å². The quantitative estimate of drug-likeness (QED) is 0.836. The fourth-order valence-electron chi connectivity index (χ4n) is 2.91. The Morgan fingerprint density at radius 1 is 1.48 bits per heavy atom. The second-order valence-electron chi connectivity index (χ2n) is 5.46. The second-order valence-corrected chi connectivity index (χ2v) is 5.46. The average Bonchev–Trinajstić information content (AvgIpc) is 3.03. The van der Waals surface area contributed by atoms with Gasteiger partial charge in [-0.15, -0.1) is 0 Å². The highest BCUT2D eigenvalue weighted by Gasteiger charge is 2.62. The minimum Gasteiger partial charge on any atom is -0.481 e. The van der Waals surface area contributed by atoms with Gasteiger partial charge in [-0.1, -0.05) is 6.07 Å². The molecular weight excluding hydrogens is 268 g/mol. The van der Waals surface area contributed by atoms with Crippen LogP contribution >= 0.6 is 0 Å². The van der Waals surface area contributed by atoms with Crippen molar-refractivity contribution in [2.75, 3.05) is 6.54 Å². The van der Waals surface area contributed by atoms with Crippen molar-refractivity contribution in [1.82, 2.24) is 14.5 Å². The van der Waals surface area contributed by atoms with Crippen LogP contribution in [0.4, 0.5) is 0 Å². The van der Waals surface area contributed by atoms with Crippen molar-refractivity contribution in [3.63, 3.8) is 0 Å². The molecule has 2 heterocycles. The Morgan fingerprint density at radius 2 is 2.33 bits per heavy atom. The standard InChI is InChI=1S/C15H18N4O2/c16-6-3-4-11-8-15(11,14(20)21)12-9-19(10-18-12)13-5-1-2-7-17-13/h1-2,5,7,9-11H,3-4,6,8,16H2,(H,20,21). The first kappa shape index (κ1) is 13.8. The van der Waals surface area contributed by atoms with Gasteiger partial charge in [0.05, 0.1) is 5.69 Å². The molecule has 3 rings (SSSR count). The zero-order valence-electron chi connectivity index (χ0n) is 11.6. The molecule has 6 nitrogen and oxygen atoms in total. The number of aromatic nitrogens is 3. The highest BCUT2D eigenvalue weighted by molar-refractivity contribution is 5.85. The molecule has 0 aliphatic heterocycles. The smallest absolute Gasteiger partial charge is 0.316 e. The van der Waals surface area contributed by atoms with Crippen LogP contribution in [0.15, 0.2) is 36.9 Å². The minimum atomic E-state index is -0.838. The van der Waals surface area contributed by atoms with E-state index in [1.165, 1.54) is 0 Å². The summed E-state index contributed by atoms with van der Waals surface area (Å²) >= 11 is 0. The fourth-order valence-corrected chi connectivity index (χ4v) is 2.91. The van der Waals surface area contributed by atoms with E-state index in [1.807, 2.05) is 18.2 Å². The van der Waals surface area contributed by atoms with E-state index < -0.39 is 11.4 Å². The molecule has 2 unspecified atom stereocenters. The molecule has 0 saturated heterocycles. The van der Waals surface area contributed by atoms with Gasteiger partial charge >= 0.3 is 5.97 Å². The third-order valence-electron chi connectivity index (χ3n) is 4.20. The molecule has 1 fully saturated rings. The first-order chi connectivity index (χ1) is 10.2. The van der Waals surface area contributed by atoms with E-state index in [1.54, 1.807) is 23.3 Å². The van der Waals surface area contributed by atoms with Crippen LogP contribution in [0.2, 0.25) is 0 Å². The molecule has 0 aromatic carbocycles. The highest BCUT2D eigenvalue weighted by Crippen LogP contribution is 2.56. The lowest BCUT2D eigenvalue weighted by molar-refractivity contribution is -0.140. The first-order valence-electron chi connectivity index (χ1n) is 7.08. The molecule has 0 spiro atoms. The molecule has 2 aromatic heterocycles. The average molecular weight is 286 g/mol. The zero-order chi connectivity index (χ0) is 14.9. The number of carboxylic acids is 1. The minimum absolute atomic E-state index is 0.130. The molecule has 1 saturated carbocycles. The molecule has 2 aromatic rings. The van der Waals surface area contributed by atoms with E-state index in [2.05, 4.69) is 9.97 Å². The van der Waals surface area contributed by atoms with Crippen molar-refractivity contribution in [3.8, 4) is 5.82 Å². The van der Waals surface area contributed by atoms with Crippen LogP contribution in [0, 0.1) is 5.92 Å². The number of hydrogen-bond acceptors (Lipinski definition) is 4. The molecule has 0 radical (unpaired) electrons. The van der Waals surface area contributed by atoms with Crippen LogP contribution in [0.1, 0.15) is 25.0 Å². The van der Waals surface area contributed by atoms with Gasteiger partial charge in [-0.3, -0.25) is 9.36 Å². The second kappa shape index (κ2) is 5.29. The maximum Gasteiger partial charge on any atom is 0.316 e. The first-order valence-corrected chi connectivity index (χ1v) is 7.08. The number of carboxylic acid groups (broad SMARTS) is 1. The van der Waals surface area contributed by atoms with Gasteiger partial charge in [-0.2, -0.15) is 0 Å². The lowest BCUT2D eigenvalue weighted by Gasteiger charge is -2.09. The van der Waals surface area contributed by atoms with Crippen LogP contribution in [-0.2, 0) is 10.2 Å². The van der Waals surface area contributed by atoms with E-state index in [0.717, 1.165) is 18.7 Å². The molecule has 1 aliphatic rings. The van der Waals surface area contributed by atoms with Gasteiger partial charge in [0.25, 0.3) is 0 Å². The van der Waals surface area contributed by atoms with Crippen molar-refractivity contribution >= 4 is 5.97 Å². The third-order valence-corrected chi connectivity index (χ3v) is 4.20. The van der Waals surface area contributed by atoms with Crippen LogP contribution in [0.25, 0.3) is 5.82 Å². The lowest BCUT2D eigenvalue weighted by Crippen LogP contribution is -2.23. The molecule has 110 valence electrons. The number of pyridine rings is 1. The summed E-state index contributed by atoms with van der Waals surface area (Å²) in [4.78, 5) is 20.3.